The van der Waals surface area contributed by atoms with Crippen LogP contribution in [-0.2, 0) is 0 Å². The molecule has 0 spiro atoms. The van der Waals surface area contributed by atoms with Gasteiger partial charge in [-0.1, -0.05) is 17.7 Å². The SMILES string of the molecule is CC(C)=C1Oc2c(ccc(OC(=O)c3cccc(C)c3)c2C)C1=O. The van der Waals surface area contributed by atoms with Gasteiger partial charge in [0.25, 0.3) is 0 Å². The van der Waals surface area contributed by atoms with E-state index in [0.717, 1.165) is 11.1 Å². The van der Waals surface area contributed by atoms with Gasteiger partial charge in [-0.2, -0.15) is 0 Å². The van der Waals surface area contributed by atoms with E-state index in [1.54, 1.807) is 31.2 Å². The van der Waals surface area contributed by atoms with Crippen LogP contribution in [0.25, 0.3) is 0 Å². The van der Waals surface area contributed by atoms with Crippen molar-refractivity contribution in [2.45, 2.75) is 27.7 Å². The summed E-state index contributed by atoms with van der Waals surface area (Å²) in [4.78, 5) is 24.6. The maximum absolute atomic E-state index is 12.3. The number of Topliss-reactive ketones (excluding diaryl/α,β-unsaturated/α-hetero) is 1. The molecule has 0 bridgehead atoms. The second-order valence-corrected chi connectivity index (χ2v) is 6.08. The number of benzene rings is 2. The summed E-state index contributed by atoms with van der Waals surface area (Å²) in [7, 11) is 0. The molecule has 2 aromatic rings. The van der Waals surface area contributed by atoms with Gasteiger partial charge in [-0.25, -0.2) is 4.79 Å². The Kier molecular flexibility index (Phi) is 3.97. The molecule has 4 heteroatoms. The molecule has 0 fully saturated rings. The molecule has 0 saturated heterocycles. The summed E-state index contributed by atoms with van der Waals surface area (Å²) >= 11 is 0. The van der Waals surface area contributed by atoms with Crippen LogP contribution in [0, 0.1) is 13.8 Å². The summed E-state index contributed by atoms with van der Waals surface area (Å²) in [5.41, 5.74) is 3.42. The number of aryl methyl sites for hydroxylation is 1. The van der Waals surface area contributed by atoms with E-state index >= 15 is 0 Å². The number of rotatable bonds is 2. The van der Waals surface area contributed by atoms with Crippen molar-refractivity contribution in [3.05, 3.63) is 70.0 Å². The minimum atomic E-state index is -0.437. The van der Waals surface area contributed by atoms with Crippen molar-refractivity contribution in [3.8, 4) is 11.5 Å². The standard InChI is InChI=1S/C20H18O4/c1-11(2)18-17(21)15-8-9-16(13(4)19(15)24-18)23-20(22)14-7-5-6-12(3)10-14/h5-10H,1-4H3. The second-order valence-electron chi connectivity index (χ2n) is 6.08. The maximum atomic E-state index is 12.3. The number of allylic oxidation sites excluding steroid dienone is 2. The molecular weight excluding hydrogens is 304 g/mol. The van der Waals surface area contributed by atoms with Crippen LogP contribution in [0.4, 0.5) is 0 Å². The molecule has 1 aliphatic heterocycles. The Morgan fingerprint density at radius 3 is 2.50 bits per heavy atom. The molecule has 0 amide bonds. The summed E-state index contributed by atoms with van der Waals surface area (Å²) in [5.74, 6) is 0.627. The molecule has 2 aromatic carbocycles. The average Bonchev–Trinajstić information content (AvgIpc) is 2.88. The van der Waals surface area contributed by atoms with Gasteiger partial charge in [0.05, 0.1) is 11.1 Å². The highest BCUT2D eigenvalue weighted by molar-refractivity contribution is 6.13. The first-order valence-electron chi connectivity index (χ1n) is 7.71. The Morgan fingerprint density at radius 2 is 1.83 bits per heavy atom. The molecule has 1 heterocycles. The van der Waals surface area contributed by atoms with Gasteiger partial charge in [0.2, 0.25) is 5.78 Å². The van der Waals surface area contributed by atoms with Gasteiger partial charge in [-0.15, -0.1) is 0 Å². The van der Waals surface area contributed by atoms with Gasteiger partial charge in [0, 0.05) is 5.56 Å². The van der Waals surface area contributed by atoms with Gasteiger partial charge in [0.15, 0.2) is 5.76 Å². The lowest BCUT2D eigenvalue weighted by Gasteiger charge is -2.10. The molecule has 0 radical (unpaired) electrons. The summed E-state index contributed by atoms with van der Waals surface area (Å²) in [5, 5.41) is 0. The molecule has 1 aliphatic rings. The van der Waals surface area contributed by atoms with Crippen molar-refractivity contribution in [2.75, 3.05) is 0 Å². The van der Waals surface area contributed by atoms with E-state index in [4.69, 9.17) is 9.47 Å². The molecule has 3 rings (SSSR count). The lowest BCUT2D eigenvalue weighted by molar-refractivity contribution is 0.0733. The summed E-state index contributed by atoms with van der Waals surface area (Å²) < 4.78 is 11.2. The highest BCUT2D eigenvalue weighted by atomic mass is 16.5. The third kappa shape index (κ3) is 2.71. The number of carbonyl (C=O) groups is 2. The third-order valence-electron chi connectivity index (χ3n) is 3.92. The zero-order chi connectivity index (χ0) is 17.4. The van der Waals surface area contributed by atoms with Gasteiger partial charge < -0.3 is 9.47 Å². The van der Waals surface area contributed by atoms with E-state index in [1.807, 2.05) is 32.9 Å². The lowest BCUT2D eigenvalue weighted by atomic mass is 10.1. The maximum Gasteiger partial charge on any atom is 0.343 e. The van der Waals surface area contributed by atoms with Crippen LogP contribution >= 0.6 is 0 Å². The van der Waals surface area contributed by atoms with Crippen LogP contribution in [0.15, 0.2) is 47.7 Å². The molecule has 0 aromatic heterocycles. The molecule has 0 saturated carbocycles. The molecule has 0 atom stereocenters. The molecule has 4 nitrogen and oxygen atoms in total. The summed E-state index contributed by atoms with van der Waals surface area (Å²) in [6.45, 7) is 7.34. The Labute approximate surface area is 140 Å². The normalized spacial score (nSPS) is 12.7. The van der Waals surface area contributed by atoms with E-state index in [1.165, 1.54) is 0 Å². The first-order chi connectivity index (χ1) is 11.4. The van der Waals surface area contributed by atoms with Crippen molar-refractivity contribution in [1.29, 1.82) is 0 Å². The number of hydrogen-bond donors (Lipinski definition) is 0. The van der Waals surface area contributed by atoms with E-state index in [9.17, 15) is 9.59 Å². The van der Waals surface area contributed by atoms with Crippen molar-refractivity contribution < 1.29 is 19.1 Å². The average molecular weight is 322 g/mol. The van der Waals surface area contributed by atoms with Crippen molar-refractivity contribution in [2.24, 2.45) is 0 Å². The Balaban J connectivity index is 1.93. The predicted octanol–water partition coefficient (Wildman–Crippen LogP) is 4.39. The number of hydrogen-bond acceptors (Lipinski definition) is 4. The van der Waals surface area contributed by atoms with Gasteiger partial charge in [-0.3, -0.25) is 4.79 Å². The number of esters is 1. The van der Waals surface area contributed by atoms with Crippen LogP contribution in [0.5, 0.6) is 11.5 Å². The van der Waals surface area contributed by atoms with E-state index in [0.29, 0.717) is 33.9 Å². The van der Waals surface area contributed by atoms with Gasteiger partial charge in [-0.05, 0) is 57.5 Å². The third-order valence-corrected chi connectivity index (χ3v) is 3.92. The predicted molar refractivity (Wildman–Crippen MR) is 90.6 cm³/mol. The zero-order valence-electron chi connectivity index (χ0n) is 14.1. The monoisotopic (exact) mass is 322 g/mol. The fourth-order valence-corrected chi connectivity index (χ4v) is 2.63. The minimum Gasteiger partial charge on any atom is -0.452 e. The fourth-order valence-electron chi connectivity index (χ4n) is 2.63. The topological polar surface area (TPSA) is 52.6 Å². The molecule has 0 N–H and O–H groups in total. The van der Waals surface area contributed by atoms with E-state index in [-0.39, 0.29) is 5.78 Å². The minimum absolute atomic E-state index is 0.135. The number of fused-ring (bicyclic) bond motifs is 1. The van der Waals surface area contributed by atoms with Gasteiger partial charge >= 0.3 is 5.97 Å². The number of ether oxygens (including phenoxy) is 2. The number of ketones is 1. The van der Waals surface area contributed by atoms with Crippen LogP contribution < -0.4 is 9.47 Å². The molecule has 0 unspecified atom stereocenters. The van der Waals surface area contributed by atoms with Crippen LogP contribution in [-0.4, -0.2) is 11.8 Å². The molecule has 122 valence electrons. The number of carbonyl (C=O) groups excluding carboxylic acids is 2. The quantitative estimate of drug-likeness (QED) is 0.467. The first-order valence-corrected chi connectivity index (χ1v) is 7.71. The van der Waals surface area contributed by atoms with Gasteiger partial charge in [0.1, 0.15) is 11.5 Å². The summed E-state index contributed by atoms with van der Waals surface area (Å²) in [6, 6.07) is 10.5. The molecule has 24 heavy (non-hydrogen) atoms. The van der Waals surface area contributed by atoms with Crippen molar-refractivity contribution in [1.82, 2.24) is 0 Å². The van der Waals surface area contributed by atoms with Crippen LogP contribution in [0.2, 0.25) is 0 Å². The van der Waals surface area contributed by atoms with E-state index in [2.05, 4.69) is 0 Å². The van der Waals surface area contributed by atoms with E-state index < -0.39 is 5.97 Å². The fraction of sp³-hybridized carbons (Fsp3) is 0.200. The van der Waals surface area contributed by atoms with Crippen LogP contribution in [0.3, 0.4) is 0 Å². The smallest absolute Gasteiger partial charge is 0.343 e. The second kappa shape index (κ2) is 5.96. The molecule has 0 aliphatic carbocycles. The Bertz CT molecular complexity index is 887. The van der Waals surface area contributed by atoms with Crippen molar-refractivity contribution >= 4 is 11.8 Å². The first kappa shape index (κ1) is 16.0. The Morgan fingerprint density at radius 1 is 1.08 bits per heavy atom. The summed E-state index contributed by atoms with van der Waals surface area (Å²) in [6.07, 6.45) is 0. The zero-order valence-corrected chi connectivity index (χ0v) is 14.1. The largest absolute Gasteiger partial charge is 0.452 e. The van der Waals surface area contributed by atoms with Crippen LogP contribution in [0.1, 0.15) is 45.7 Å². The molecular formula is C20H18O4. The highest BCUT2D eigenvalue weighted by Gasteiger charge is 2.31. The lowest BCUT2D eigenvalue weighted by Crippen LogP contribution is -2.09. The highest BCUT2D eigenvalue weighted by Crippen LogP contribution is 2.39. The Hall–Kier alpha value is -2.88. The van der Waals surface area contributed by atoms with Crippen molar-refractivity contribution in [3.63, 3.8) is 0 Å².